The fraction of sp³-hybridized carbons (Fsp3) is 0.200. The first-order chi connectivity index (χ1) is 15.6. The van der Waals surface area contributed by atoms with E-state index in [2.05, 4.69) is 20.3 Å². The standard InChI is InChI=1S/C25H22ClN5O/c26-20-10-16-2-1-3-17(23(16)29-14-20)11-21-12-18(8-9-28-21)25(32)30-13-19-6-7-22(27)31-24(19)15-4-5-15/h1-3,6-10,12,14-15H,4-5,11,13H2,(H2,27,31)(H,30,32). The summed E-state index contributed by atoms with van der Waals surface area (Å²) < 4.78 is 0. The second-order valence-corrected chi connectivity index (χ2v) is 8.53. The van der Waals surface area contributed by atoms with E-state index in [4.69, 9.17) is 17.3 Å². The number of carbonyl (C=O) groups excluding carboxylic acids is 1. The SMILES string of the molecule is Nc1ccc(CNC(=O)c2ccnc(Cc3cccc4cc(Cl)cnc34)c2)c(C2CC2)n1. The Morgan fingerprint density at radius 1 is 1.09 bits per heavy atom. The Balaban J connectivity index is 1.32. The van der Waals surface area contributed by atoms with Crippen molar-refractivity contribution in [2.45, 2.75) is 31.7 Å². The highest BCUT2D eigenvalue weighted by Gasteiger charge is 2.27. The molecule has 0 saturated heterocycles. The highest BCUT2D eigenvalue weighted by Crippen LogP contribution is 2.40. The van der Waals surface area contributed by atoms with Crippen molar-refractivity contribution < 1.29 is 4.79 Å². The smallest absolute Gasteiger partial charge is 0.251 e. The van der Waals surface area contributed by atoms with Crippen LogP contribution < -0.4 is 11.1 Å². The van der Waals surface area contributed by atoms with Crippen molar-refractivity contribution in [2.75, 3.05) is 5.73 Å². The fourth-order valence-electron chi connectivity index (χ4n) is 3.91. The van der Waals surface area contributed by atoms with Gasteiger partial charge in [-0.1, -0.05) is 35.9 Å². The lowest BCUT2D eigenvalue weighted by molar-refractivity contribution is 0.0950. The van der Waals surface area contributed by atoms with Crippen LogP contribution in [0.4, 0.5) is 5.82 Å². The Morgan fingerprint density at radius 3 is 2.81 bits per heavy atom. The molecule has 0 spiro atoms. The van der Waals surface area contributed by atoms with Gasteiger partial charge in [0.15, 0.2) is 0 Å². The summed E-state index contributed by atoms with van der Waals surface area (Å²) in [6, 6.07) is 15.2. The van der Waals surface area contributed by atoms with E-state index in [1.54, 1.807) is 24.5 Å². The number of amides is 1. The van der Waals surface area contributed by atoms with Gasteiger partial charge < -0.3 is 11.1 Å². The maximum atomic E-state index is 12.8. The Hall–Kier alpha value is -3.51. The molecule has 32 heavy (non-hydrogen) atoms. The molecule has 7 heteroatoms. The minimum absolute atomic E-state index is 0.143. The van der Waals surface area contributed by atoms with E-state index >= 15 is 0 Å². The van der Waals surface area contributed by atoms with Crippen LogP contribution in [0.5, 0.6) is 0 Å². The van der Waals surface area contributed by atoms with Crippen molar-refractivity contribution in [1.29, 1.82) is 0 Å². The van der Waals surface area contributed by atoms with Gasteiger partial charge in [0.1, 0.15) is 5.82 Å². The van der Waals surface area contributed by atoms with Gasteiger partial charge in [0.25, 0.3) is 5.91 Å². The van der Waals surface area contributed by atoms with E-state index in [-0.39, 0.29) is 5.91 Å². The molecule has 3 heterocycles. The van der Waals surface area contributed by atoms with Gasteiger partial charge in [0.05, 0.1) is 16.2 Å². The van der Waals surface area contributed by atoms with Gasteiger partial charge in [-0.3, -0.25) is 14.8 Å². The van der Waals surface area contributed by atoms with E-state index in [1.807, 2.05) is 36.4 Å². The molecule has 3 aromatic heterocycles. The minimum Gasteiger partial charge on any atom is -0.384 e. The van der Waals surface area contributed by atoms with Crippen LogP contribution in [0.1, 0.15) is 51.6 Å². The highest BCUT2D eigenvalue weighted by molar-refractivity contribution is 6.31. The molecular formula is C25H22ClN5O. The summed E-state index contributed by atoms with van der Waals surface area (Å²) in [5, 5.41) is 4.59. The van der Waals surface area contributed by atoms with E-state index in [0.717, 1.165) is 46.3 Å². The van der Waals surface area contributed by atoms with Crippen LogP contribution in [0, 0.1) is 0 Å². The van der Waals surface area contributed by atoms with Crippen LogP contribution in [-0.2, 0) is 13.0 Å². The lowest BCUT2D eigenvalue weighted by Crippen LogP contribution is -2.24. The Bertz CT molecular complexity index is 1320. The number of halogens is 1. The number of hydrogen-bond acceptors (Lipinski definition) is 5. The molecule has 0 aliphatic heterocycles. The van der Waals surface area contributed by atoms with E-state index in [0.29, 0.717) is 35.3 Å². The van der Waals surface area contributed by atoms with Crippen LogP contribution in [-0.4, -0.2) is 20.9 Å². The zero-order chi connectivity index (χ0) is 22.1. The average Bonchev–Trinajstić information content (AvgIpc) is 3.63. The molecule has 0 radical (unpaired) electrons. The van der Waals surface area contributed by atoms with Gasteiger partial charge in [-0.15, -0.1) is 0 Å². The number of aromatic nitrogens is 3. The highest BCUT2D eigenvalue weighted by atomic mass is 35.5. The van der Waals surface area contributed by atoms with Crippen molar-refractivity contribution >= 4 is 34.2 Å². The molecule has 1 aliphatic carbocycles. The van der Waals surface area contributed by atoms with Gasteiger partial charge in [0.2, 0.25) is 0 Å². The average molecular weight is 444 g/mol. The van der Waals surface area contributed by atoms with Crippen LogP contribution >= 0.6 is 11.6 Å². The number of nitrogens with two attached hydrogens (primary N) is 1. The van der Waals surface area contributed by atoms with E-state index in [1.165, 1.54) is 0 Å². The summed E-state index contributed by atoms with van der Waals surface area (Å²) in [5.74, 6) is 0.836. The number of nitrogen functional groups attached to an aromatic ring is 1. The van der Waals surface area contributed by atoms with Gasteiger partial charge in [-0.2, -0.15) is 0 Å². The third kappa shape index (κ3) is 4.41. The molecule has 1 amide bonds. The van der Waals surface area contributed by atoms with E-state index < -0.39 is 0 Å². The Kier molecular flexibility index (Phi) is 5.45. The summed E-state index contributed by atoms with van der Waals surface area (Å²) in [4.78, 5) is 26.2. The summed E-state index contributed by atoms with van der Waals surface area (Å²) in [5.41, 5.74) is 11.2. The molecule has 1 fully saturated rings. The normalized spacial score (nSPS) is 13.3. The second-order valence-electron chi connectivity index (χ2n) is 8.09. The number of pyridine rings is 3. The van der Waals surface area contributed by atoms with Crippen molar-refractivity contribution in [3.63, 3.8) is 0 Å². The number of nitrogens with zero attached hydrogens (tertiary/aromatic N) is 3. The monoisotopic (exact) mass is 443 g/mol. The molecular weight excluding hydrogens is 422 g/mol. The van der Waals surface area contributed by atoms with Crippen molar-refractivity contribution in [2.24, 2.45) is 0 Å². The second kappa shape index (κ2) is 8.55. The van der Waals surface area contributed by atoms with Gasteiger partial charge in [0, 0.05) is 47.9 Å². The zero-order valence-corrected chi connectivity index (χ0v) is 18.1. The summed E-state index contributed by atoms with van der Waals surface area (Å²) >= 11 is 6.07. The predicted molar refractivity (Wildman–Crippen MR) is 126 cm³/mol. The van der Waals surface area contributed by atoms with E-state index in [9.17, 15) is 4.79 Å². The number of benzene rings is 1. The van der Waals surface area contributed by atoms with Gasteiger partial charge in [-0.05, 0) is 48.2 Å². The molecule has 0 unspecified atom stereocenters. The number of para-hydroxylation sites is 1. The molecule has 1 aromatic carbocycles. The van der Waals surface area contributed by atoms with Crippen LogP contribution in [0.15, 0.2) is 60.9 Å². The molecule has 1 aliphatic rings. The molecule has 0 bridgehead atoms. The van der Waals surface area contributed by atoms with Gasteiger partial charge >= 0.3 is 0 Å². The molecule has 0 atom stereocenters. The predicted octanol–water partition coefficient (Wildman–Crippen LogP) is 4.66. The maximum absolute atomic E-state index is 12.8. The minimum atomic E-state index is -0.143. The summed E-state index contributed by atoms with van der Waals surface area (Å²) in [6.07, 6.45) is 6.13. The first kappa shape index (κ1) is 20.4. The fourth-order valence-corrected chi connectivity index (χ4v) is 4.07. The molecule has 4 aromatic rings. The number of hydrogen-bond donors (Lipinski definition) is 2. The molecule has 1 saturated carbocycles. The molecule has 160 valence electrons. The lowest BCUT2D eigenvalue weighted by Gasteiger charge is -2.11. The van der Waals surface area contributed by atoms with Crippen LogP contribution in [0.25, 0.3) is 10.9 Å². The first-order valence-corrected chi connectivity index (χ1v) is 11.0. The first-order valence-electron chi connectivity index (χ1n) is 10.6. The Morgan fingerprint density at radius 2 is 1.97 bits per heavy atom. The van der Waals surface area contributed by atoms with Crippen molar-refractivity contribution in [3.8, 4) is 0 Å². The van der Waals surface area contributed by atoms with Crippen molar-refractivity contribution in [3.05, 3.63) is 94.0 Å². The molecule has 5 rings (SSSR count). The Labute approximate surface area is 190 Å². The lowest BCUT2D eigenvalue weighted by atomic mass is 10.0. The third-order valence-corrected chi connectivity index (χ3v) is 5.86. The van der Waals surface area contributed by atoms with Crippen LogP contribution in [0.2, 0.25) is 5.02 Å². The van der Waals surface area contributed by atoms with Gasteiger partial charge in [-0.25, -0.2) is 4.98 Å². The van der Waals surface area contributed by atoms with Crippen LogP contribution in [0.3, 0.4) is 0 Å². The third-order valence-electron chi connectivity index (χ3n) is 5.65. The number of fused-ring (bicyclic) bond motifs is 1. The summed E-state index contributed by atoms with van der Waals surface area (Å²) in [7, 11) is 0. The topological polar surface area (TPSA) is 93.8 Å². The van der Waals surface area contributed by atoms with Crippen molar-refractivity contribution in [1.82, 2.24) is 20.3 Å². The maximum Gasteiger partial charge on any atom is 0.251 e. The number of rotatable bonds is 6. The molecule has 6 nitrogen and oxygen atoms in total. The zero-order valence-electron chi connectivity index (χ0n) is 17.4. The summed E-state index contributed by atoms with van der Waals surface area (Å²) in [6.45, 7) is 0.420. The largest absolute Gasteiger partial charge is 0.384 e. The quantitative estimate of drug-likeness (QED) is 0.452. The number of anilines is 1. The number of carbonyl (C=O) groups is 1. The number of nitrogens with one attached hydrogen (secondary N) is 1. The molecule has 3 N–H and O–H groups in total.